The minimum atomic E-state index is -3.74. The van der Waals surface area contributed by atoms with Gasteiger partial charge in [-0.05, 0) is 55.3 Å². The second-order valence-corrected chi connectivity index (χ2v) is 7.04. The average molecular weight is 347 g/mol. The molecule has 2 aromatic carbocycles. The lowest BCUT2D eigenvalue weighted by molar-refractivity contribution is -0.116. The summed E-state index contributed by atoms with van der Waals surface area (Å²) in [6.07, 6.45) is 0.923. The highest BCUT2D eigenvalue weighted by molar-refractivity contribution is 7.89. The molecule has 6 nitrogen and oxygen atoms in total. The number of amides is 1. The van der Waals surface area contributed by atoms with Crippen LogP contribution < -0.4 is 15.8 Å². The molecule has 0 aromatic heterocycles. The number of benzene rings is 2. The smallest absolute Gasteiger partial charge is 0.246 e. The van der Waals surface area contributed by atoms with E-state index in [0.29, 0.717) is 5.69 Å². The van der Waals surface area contributed by atoms with Crippen molar-refractivity contribution in [3.05, 3.63) is 54.1 Å². The fourth-order valence-corrected chi connectivity index (χ4v) is 2.69. The van der Waals surface area contributed by atoms with Crippen molar-refractivity contribution in [2.75, 3.05) is 10.6 Å². The van der Waals surface area contributed by atoms with Crippen LogP contribution >= 0.6 is 0 Å². The normalized spacial score (nSPS) is 12.5. The van der Waals surface area contributed by atoms with Gasteiger partial charge in [-0.3, -0.25) is 4.79 Å². The zero-order chi connectivity index (χ0) is 17.7. The van der Waals surface area contributed by atoms with E-state index in [0.717, 1.165) is 12.1 Å². The van der Waals surface area contributed by atoms with Gasteiger partial charge in [0.1, 0.15) is 6.04 Å². The molecule has 0 fully saturated rings. The van der Waals surface area contributed by atoms with E-state index in [1.54, 1.807) is 6.92 Å². The number of primary sulfonamides is 1. The molecule has 1 unspecified atom stereocenters. The third-order valence-corrected chi connectivity index (χ3v) is 4.49. The molecule has 0 saturated carbocycles. The molecule has 1 amide bonds. The monoisotopic (exact) mass is 347 g/mol. The molecule has 0 bridgehead atoms. The van der Waals surface area contributed by atoms with Gasteiger partial charge in [-0.2, -0.15) is 0 Å². The van der Waals surface area contributed by atoms with E-state index in [1.165, 1.54) is 29.8 Å². The number of rotatable bonds is 6. The third kappa shape index (κ3) is 4.81. The van der Waals surface area contributed by atoms with Crippen molar-refractivity contribution >= 4 is 27.3 Å². The largest absolute Gasteiger partial charge is 0.374 e. The molecule has 0 aliphatic heterocycles. The molecule has 24 heavy (non-hydrogen) atoms. The number of aryl methyl sites for hydroxylation is 1. The summed E-state index contributed by atoms with van der Waals surface area (Å²) < 4.78 is 22.4. The van der Waals surface area contributed by atoms with Gasteiger partial charge in [0.2, 0.25) is 15.9 Å². The van der Waals surface area contributed by atoms with Gasteiger partial charge in [0, 0.05) is 11.4 Å². The minimum Gasteiger partial charge on any atom is -0.374 e. The number of carbonyl (C=O) groups is 1. The summed E-state index contributed by atoms with van der Waals surface area (Å²) in [5.74, 6) is -0.222. The number of carbonyl (C=O) groups excluding carboxylic acids is 1. The predicted molar refractivity (Wildman–Crippen MR) is 95.3 cm³/mol. The summed E-state index contributed by atoms with van der Waals surface area (Å²) >= 11 is 0. The summed E-state index contributed by atoms with van der Waals surface area (Å²) in [6, 6.07) is 13.1. The number of anilines is 2. The maximum absolute atomic E-state index is 12.2. The van der Waals surface area contributed by atoms with Crippen molar-refractivity contribution in [1.82, 2.24) is 0 Å². The number of hydrogen-bond donors (Lipinski definition) is 3. The van der Waals surface area contributed by atoms with Crippen molar-refractivity contribution in [2.24, 2.45) is 5.14 Å². The van der Waals surface area contributed by atoms with Crippen LogP contribution in [-0.2, 0) is 21.2 Å². The maximum atomic E-state index is 12.2. The average Bonchev–Trinajstić information content (AvgIpc) is 2.54. The van der Waals surface area contributed by atoms with Crippen LogP contribution in [-0.4, -0.2) is 20.4 Å². The predicted octanol–water partition coefficient (Wildman–Crippen LogP) is 2.34. The van der Waals surface area contributed by atoms with Crippen molar-refractivity contribution in [3.63, 3.8) is 0 Å². The Labute approximate surface area is 142 Å². The van der Waals surface area contributed by atoms with Crippen LogP contribution in [0.4, 0.5) is 11.4 Å². The molecule has 4 N–H and O–H groups in total. The summed E-state index contributed by atoms with van der Waals surface area (Å²) in [5.41, 5.74) is 2.57. The number of nitrogens with one attached hydrogen (secondary N) is 2. The summed E-state index contributed by atoms with van der Waals surface area (Å²) in [7, 11) is -3.74. The quantitative estimate of drug-likeness (QED) is 0.746. The summed E-state index contributed by atoms with van der Waals surface area (Å²) in [4.78, 5) is 12.2. The summed E-state index contributed by atoms with van der Waals surface area (Å²) in [6.45, 7) is 3.83. The first-order valence-electron chi connectivity index (χ1n) is 7.59. The lowest BCUT2D eigenvalue weighted by atomic mass is 10.1. The zero-order valence-electron chi connectivity index (χ0n) is 13.6. The Morgan fingerprint density at radius 3 is 2.38 bits per heavy atom. The number of nitrogens with two attached hydrogens (primary N) is 1. The van der Waals surface area contributed by atoms with Gasteiger partial charge in [-0.15, -0.1) is 0 Å². The molecule has 128 valence electrons. The fraction of sp³-hybridized carbons (Fsp3) is 0.235. The van der Waals surface area contributed by atoms with E-state index in [2.05, 4.69) is 17.6 Å². The second kappa shape index (κ2) is 7.46. The molecule has 0 radical (unpaired) electrons. The SMILES string of the molecule is CCc1cccc(NC(C)C(=O)Nc2ccc(S(N)(=O)=O)cc2)c1. The van der Waals surface area contributed by atoms with Crippen LogP contribution in [0, 0.1) is 0 Å². The van der Waals surface area contributed by atoms with Crippen molar-refractivity contribution in [1.29, 1.82) is 0 Å². The van der Waals surface area contributed by atoms with Crippen LogP contribution in [0.5, 0.6) is 0 Å². The van der Waals surface area contributed by atoms with E-state index < -0.39 is 16.1 Å². The second-order valence-electron chi connectivity index (χ2n) is 5.48. The first-order chi connectivity index (χ1) is 11.3. The standard InChI is InChI=1S/C17H21N3O3S/c1-3-13-5-4-6-15(11-13)19-12(2)17(21)20-14-7-9-16(10-8-14)24(18,22)23/h4-12,19H,3H2,1-2H3,(H,20,21)(H2,18,22,23). The van der Waals surface area contributed by atoms with E-state index in [4.69, 9.17) is 5.14 Å². The molecule has 2 aromatic rings. The maximum Gasteiger partial charge on any atom is 0.246 e. The Hall–Kier alpha value is -2.38. The van der Waals surface area contributed by atoms with E-state index in [-0.39, 0.29) is 10.8 Å². The zero-order valence-corrected chi connectivity index (χ0v) is 14.4. The molecule has 0 spiro atoms. The van der Waals surface area contributed by atoms with Crippen LogP contribution in [0.3, 0.4) is 0 Å². The van der Waals surface area contributed by atoms with Crippen LogP contribution in [0.15, 0.2) is 53.4 Å². The van der Waals surface area contributed by atoms with Crippen molar-refractivity contribution in [2.45, 2.75) is 31.2 Å². The summed E-state index contributed by atoms with van der Waals surface area (Å²) in [5, 5.41) is 10.9. The first kappa shape index (κ1) is 18.0. The molecule has 0 aliphatic rings. The van der Waals surface area contributed by atoms with Gasteiger partial charge in [0.25, 0.3) is 0 Å². The van der Waals surface area contributed by atoms with Gasteiger partial charge in [-0.25, -0.2) is 13.6 Å². The topological polar surface area (TPSA) is 101 Å². The molecule has 0 saturated heterocycles. The molecule has 0 aliphatic carbocycles. The third-order valence-electron chi connectivity index (χ3n) is 3.56. The molecule has 2 rings (SSSR count). The van der Waals surface area contributed by atoms with E-state index in [9.17, 15) is 13.2 Å². The fourth-order valence-electron chi connectivity index (χ4n) is 2.18. The minimum absolute atomic E-state index is 0.00283. The molecule has 0 heterocycles. The van der Waals surface area contributed by atoms with Gasteiger partial charge in [-0.1, -0.05) is 19.1 Å². The Morgan fingerprint density at radius 1 is 1.12 bits per heavy atom. The van der Waals surface area contributed by atoms with Crippen LogP contribution in [0.25, 0.3) is 0 Å². The Bertz CT molecular complexity index is 817. The lowest BCUT2D eigenvalue weighted by Gasteiger charge is -2.16. The molecule has 7 heteroatoms. The van der Waals surface area contributed by atoms with Crippen molar-refractivity contribution < 1.29 is 13.2 Å². The van der Waals surface area contributed by atoms with Crippen LogP contribution in [0.2, 0.25) is 0 Å². The van der Waals surface area contributed by atoms with E-state index in [1.807, 2.05) is 24.3 Å². The molecular weight excluding hydrogens is 326 g/mol. The highest BCUT2D eigenvalue weighted by atomic mass is 32.2. The lowest BCUT2D eigenvalue weighted by Crippen LogP contribution is -2.31. The van der Waals surface area contributed by atoms with Gasteiger partial charge in [0.05, 0.1) is 4.90 Å². The first-order valence-corrected chi connectivity index (χ1v) is 9.13. The Kier molecular flexibility index (Phi) is 5.58. The van der Waals surface area contributed by atoms with Gasteiger partial charge in [0.15, 0.2) is 0 Å². The Balaban J connectivity index is 2.00. The highest BCUT2D eigenvalue weighted by Gasteiger charge is 2.14. The number of sulfonamides is 1. The van der Waals surface area contributed by atoms with Gasteiger partial charge < -0.3 is 10.6 Å². The molecular formula is C17H21N3O3S. The number of hydrogen-bond acceptors (Lipinski definition) is 4. The van der Waals surface area contributed by atoms with Crippen molar-refractivity contribution in [3.8, 4) is 0 Å². The molecule has 1 atom stereocenters. The van der Waals surface area contributed by atoms with Crippen LogP contribution in [0.1, 0.15) is 19.4 Å². The van der Waals surface area contributed by atoms with Gasteiger partial charge >= 0.3 is 0 Å². The highest BCUT2D eigenvalue weighted by Crippen LogP contribution is 2.15. The Morgan fingerprint density at radius 2 is 1.79 bits per heavy atom. The van der Waals surface area contributed by atoms with E-state index >= 15 is 0 Å².